The van der Waals surface area contributed by atoms with Crippen molar-refractivity contribution in [2.45, 2.75) is 65.1 Å². The smallest absolute Gasteiger partial charge is 0.241 e. The highest BCUT2D eigenvalue weighted by Crippen LogP contribution is 2.38. The predicted molar refractivity (Wildman–Crippen MR) is 74.1 cm³/mol. The molecule has 3 heteroatoms. The van der Waals surface area contributed by atoms with E-state index in [1.54, 1.807) is 0 Å². The van der Waals surface area contributed by atoms with Crippen molar-refractivity contribution in [3.05, 3.63) is 23.3 Å². The zero-order chi connectivity index (χ0) is 13.8. The molecular formula is C15H25NO2. The molecule has 3 nitrogen and oxygen atoms in total. The summed E-state index contributed by atoms with van der Waals surface area (Å²) in [6.45, 7) is 8.36. The van der Waals surface area contributed by atoms with E-state index in [4.69, 9.17) is 10.5 Å². The number of rotatable bonds is 7. The van der Waals surface area contributed by atoms with Crippen molar-refractivity contribution >= 4 is 5.91 Å². The van der Waals surface area contributed by atoms with Gasteiger partial charge < -0.3 is 10.5 Å². The summed E-state index contributed by atoms with van der Waals surface area (Å²) < 4.78 is 5.55. The molecule has 2 N–H and O–H groups in total. The second-order valence-corrected chi connectivity index (χ2v) is 5.73. The van der Waals surface area contributed by atoms with Crippen molar-refractivity contribution in [2.24, 2.45) is 5.73 Å². The SMILES string of the molecule is CC(=CC(N)=O)CCC=C(C)CCC1OC1(C)C. The Balaban J connectivity index is 2.20. The van der Waals surface area contributed by atoms with E-state index in [-0.39, 0.29) is 11.5 Å². The Morgan fingerprint density at radius 2 is 1.89 bits per heavy atom. The number of epoxide rings is 1. The number of allylic oxidation sites excluding steroid dienone is 3. The van der Waals surface area contributed by atoms with E-state index < -0.39 is 0 Å². The first-order valence-electron chi connectivity index (χ1n) is 6.61. The fourth-order valence-electron chi connectivity index (χ4n) is 2.06. The van der Waals surface area contributed by atoms with E-state index >= 15 is 0 Å². The van der Waals surface area contributed by atoms with Crippen LogP contribution in [0.5, 0.6) is 0 Å². The maximum atomic E-state index is 10.7. The standard InChI is InChI=1S/C15H25NO2/c1-11(8-9-13-15(3,4)18-13)6-5-7-12(2)10-14(16)17/h6,10,13H,5,7-9H2,1-4H3,(H2,16,17). The molecule has 1 amide bonds. The Labute approximate surface area is 110 Å². The number of amides is 1. The lowest BCUT2D eigenvalue weighted by atomic mass is 10.0. The van der Waals surface area contributed by atoms with Gasteiger partial charge in [-0.2, -0.15) is 0 Å². The predicted octanol–water partition coefficient (Wildman–Crippen LogP) is 3.10. The molecule has 1 heterocycles. The lowest BCUT2D eigenvalue weighted by molar-refractivity contribution is -0.113. The molecule has 1 unspecified atom stereocenters. The largest absolute Gasteiger partial charge is 0.367 e. The summed E-state index contributed by atoms with van der Waals surface area (Å²) in [7, 11) is 0. The molecule has 1 aliphatic heterocycles. The van der Waals surface area contributed by atoms with Crippen LogP contribution < -0.4 is 5.73 Å². The molecule has 1 aliphatic rings. The van der Waals surface area contributed by atoms with Gasteiger partial charge in [0.05, 0.1) is 11.7 Å². The Bertz CT molecular complexity index is 367. The third-order valence-electron chi connectivity index (χ3n) is 3.39. The Hall–Kier alpha value is -1.09. The van der Waals surface area contributed by atoms with Gasteiger partial charge in [0, 0.05) is 6.08 Å². The van der Waals surface area contributed by atoms with Crippen molar-refractivity contribution in [3.8, 4) is 0 Å². The minimum Gasteiger partial charge on any atom is -0.367 e. The van der Waals surface area contributed by atoms with Crippen molar-refractivity contribution in [2.75, 3.05) is 0 Å². The first kappa shape index (κ1) is 15.0. The van der Waals surface area contributed by atoms with Gasteiger partial charge in [0.25, 0.3) is 0 Å². The van der Waals surface area contributed by atoms with E-state index in [1.165, 1.54) is 11.6 Å². The van der Waals surface area contributed by atoms with Crippen LogP contribution in [0.1, 0.15) is 53.4 Å². The molecule has 1 saturated heterocycles. The average Bonchev–Trinajstić information content (AvgIpc) is 2.82. The number of nitrogens with two attached hydrogens (primary N) is 1. The summed E-state index contributed by atoms with van der Waals surface area (Å²) in [5.74, 6) is -0.360. The topological polar surface area (TPSA) is 55.6 Å². The third kappa shape index (κ3) is 5.50. The molecular weight excluding hydrogens is 226 g/mol. The molecule has 1 atom stereocenters. The number of carbonyl (C=O) groups excluding carboxylic acids is 1. The highest BCUT2D eigenvalue weighted by Gasteiger charge is 2.46. The summed E-state index contributed by atoms with van der Waals surface area (Å²) in [6, 6.07) is 0. The van der Waals surface area contributed by atoms with Crippen LogP contribution in [-0.2, 0) is 9.53 Å². The molecule has 0 aromatic rings. The molecule has 0 aliphatic carbocycles. The first-order valence-corrected chi connectivity index (χ1v) is 6.61. The lowest BCUT2D eigenvalue weighted by Gasteiger charge is -2.01. The minimum absolute atomic E-state index is 0.0983. The van der Waals surface area contributed by atoms with Crippen molar-refractivity contribution in [1.29, 1.82) is 0 Å². The van der Waals surface area contributed by atoms with Crippen LogP contribution in [0.4, 0.5) is 0 Å². The molecule has 0 saturated carbocycles. The maximum absolute atomic E-state index is 10.7. The van der Waals surface area contributed by atoms with Crippen LogP contribution in [0.25, 0.3) is 0 Å². The number of hydrogen-bond donors (Lipinski definition) is 1. The zero-order valence-corrected chi connectivity index (χ0v) is 12.0. The molecule has 0 radical (unpaired) electrons. The minimum atomic E-state index is -0.360. The Morgan fingerprint density at radius 1 is 1.28 bits per heavy atom. The average molecular weight is 251 g/mol. The van der Waals surface area contributed by atoms with Crippen LogP contribution in [0.3, 0.4) is 0 Å². The monoisotopic (exact) mass is 251 g/mol. The number of ether oxygens (including phenoxy) is 1. The molecule has 0 aromatic heterocycles. The van der Waals surface area contributed by atoms with Crippen LogP contribution in [0, 0.1) is 0 Å². The number of primary amides is 1. The second-order valence-electron chi connectivity index (χ2n) is 5.73. The van der Waals surface area contributed by atoms with E-state index in [9.17, 15) is 4.79 Å². The summed E-state index contributed by atoms with van der Waals surface area (Å²) in [5, 5.41) is 0. The molecule has 102 valence electrons. The molecule has 1 rings (SSSR count). The van der Waals surface area contributed by atoms with E-state index in [1.807, 2.05) is 6.92 Å². The highest BCUT2D eigenvalue weighted by molar-refractivity contribution is 5.86. The summed E-state index contributed by atoms with van der Waals surface area (Å²) in [5.41, 5.74) is 7.63. The number of hydrogen-bond acceptors (Lipinski definition) is 2. The van der Waals surface area contributed by atoms with Gasteiger partial charge in [-0.1, -0.05) is 17.2 Å². The van der Waals surface area contributed by atoms with Crippen LogP contribution >= 0.6 is 0 Å². The molecule has 0 bridgehead atoms. The van der Waals surface area contributed by atoms with Gasteiger partial charge in [0.1, 0.15) is 0 Å². The zero-order valence-electron chi connectivity index (χ0n) is 12.0. The van der Waals surface area contributed by atoms with E-state index in [0.29, 0.717) is 6.10 Å². The fourth-order valence-corrected chi connectivity index (χ4v) is 2.06. The normalized spacial score (nSPS) is 23.0. The van der Waals surface area contributed by atoms with E-state index in [2.05, 4.69) is 26.8 Å². The van der Waals surface area contributed by atoms with Gasteiger partial charge in [-0.25, -0.2) is 0 Å². The Morgan fingerprint density at radius 3 is 2.39 bits per heavy atom. The van der Waals surface area contributed by atoms with Gasteiger partial charge in [0.2, 0.25) is 5.91 Å². The molecule has 0 aromatic carbocycles. The summed E-state index contributed by atoms with van der Waals surface area (Å²) in [4.78, 5) is 10.7. The van der Waals surface area contributed by atoms with Gasteiger partial charge >= 0.3 is 0 Å². The summed E-state index contributed by atoms with van der Waals surface area (Å²) >= 11 is 0. The summed E-state index contributed by atoms with van der Waals surface area (Å²) in [6.07, 6.45) is 8.23. The van der Waals surface area contributed by atoms with Gasteiger partial charge in [0.15, 0.2) is 0 Å². The quantitative estimate of drug-likeness (QED) is 0.429. The van der Waals surface area contributed by atoms with Crippen LogP contribution in [0.2, 0.25) is 0 Å². The maximum Gasteiger partial charge on any atom is 0.241 e. The van der Waals surface area contributed by atoms with Crippen molar-refractivity contribution in [1.82, 2.24) is 0 Å². The van der Waals surface area contributed by atoms with Gasteiger partial charge in [-0.15, -0.1) is 0 Å². The van der Waals surface area contributed by atoms with Gasteiger partial charge in [-0.3, -0.25) is 4.79 Å². The molecule has 1 fully saturated rings. The van der Waals surface area contributed by atoms with Crippen LogP contribution in [-0.4, -0.2) is 17.6 Å². The Kier molecular flexibility index (Phi) is 5.15. The van der Waals surface area contributed by atoms with Gasteiger partial charge in [-0.05, 0) is 53.4 Å². The fraction of sp³-hybridized carbons (Fsp3) is 0.667. The van der Waals surface area contributed by atoms with Crippen molar-refractivity contribution < 1.29 is 9.53 Å². The lowest BCUT2D eigenvalue weighted by Crippen LogP contribution is -2.06. The molecule has 0 spiro atoms. The second kappa shape index (κ2) is 6.19. The van der Waals surface area contributed by atoms with Crippen molar-refractivity contribution in [3.63, 3.8) is 0 Å². The third-order valence-corrected chi connectivity index (χ3v) is 3.39. The van der Waals surface area contributed by atoms with Crippen LogP contribution in [0.15, 0.2) is 23.3 Å². The molecule has 18 heavy (non-hydrogen) atoms. The van der Waals surface area contributed by atoms with E-state index in [0.717, 1.165) is 31.3 Å². The number of carbonyl (C=O) groups is 1. The first-order chi connectivity index (χ1) is 8.31. The highest BCUT2D eigenvalue weighted by atomic mass is 16.6.